The van der Waals surface area contributed by atoms with E-state index in [9.17, 15) is 20.4 Å². The van der Waals surface area contributed by atoms with Crippen LogP contribution in [0, 0.1) is 0 Å². The van der Waals surface area contributed by atoms with Gasteiger partial charge in [-0.15, -0.1) is 0 Å². The molecule has 0 saturated carbocycles. The number of benzene rings is 2. The summed E-state index contributed by atoms with van der Waals surface area (Å²) in [5.41, 5.74) is 6.43. The Labute approximate surface area is 193 Å². The molecule has 9 heteroatoms. The van der Waals surface area contributed by atoms with Crippen molar-refractivity contribution in [3.8, 4) is 11.5 Å². The van der Waals surface area contributed by atoms with Gasteiger partial charge in [0.1, 0.15) is 31.5 Å². The first-order chi connectivity index (χ1) is 16.0. The number of aryl methyl sites for hydroxylation is 1. The Morgan fingerprint density at radius 2 is 1.67 bits per heavy atom. The third-order valence-corrected chi connectivity index (χ3v) is 5.59. The van der Waals surface area contributed by atoms with E-state index in [-0.39, 0.29) is 6.61 Å². The molecule has 0 fully saturated rings. The largest absolute Gasteiger partial charge is 0.486 e. The second-order valence-electron chi connectivity index (χ2n) is 7.89. The molecule has 0 aromatic heterocycles. The highest BCUT2D eigenvalue weighted by atomic mass is 16.7. The number of ether oxygens (including phenoxy) is 3. The molecule has 1 heterocycles. The number of nitrogens with one attached hydrogen (secondary N) is 1. The predicted octanol–water partition coefficient (Wildman–Crippen LogP) is 0.680. The van der Waals surface area contributed by atoms with Gasteiger partial charge in [-0.3, -0.25) is 0 Å². The summed E-state index contributed by atoms with van der Waals surface area (Å²) < 4.78 is 17.0. The Balaban J connectivity index is 1.68. The normalized spacial score (nSPS) is 16.8. The van der Waals surface area contributed by atoms with Gasteiger partial charge < -0.3 is 39.5 Å². The van der Waals surface area contributed by atoms with E-state index >= 15 is 0 Å². The number of aliphatic hydroxyl groups is 4. The van der Waals surface area contributed by atoms with Crippen LogP contribution in [-0.4, -0.2) is 71.9 Å². The SMILES string of the molecule is CCc1ccc(CO[C@H](CO)[C@@H](O)[C@H](O)[C@@H](O)NOC)cc1Cc1ccc2c(c1)OCCO2. The predicted molar refractivity (Wildman–Crippen MR) is 120 cm³/mol. The first-order valence-electron chi connectivity index (χ1n) is 11.0. The molecule has 0 unspecified atom stereocenters. The fourth-order valence-corrected chi connectivity index (χ4v) is 3.76. The summed E-state index contributed by atoms with van der Waals surface area (Å²) in [5.74, 6) is 1.50. The maximum absolute atomic E-state index is 10.3. The van der Waals surface area contributed by atoms with E-state index in [1.807, 2.05) is 36.4 Å². The van der Waals surface area contributed by atoms with Gasteiger partial charge in [-0.05, 0) is 47.2 Å². The fraction of sp³-hybridized carbons (Fsp3) is 0.500. The first-order valence-corrected chi connectivity index (χ1v) is 11.0. The van der Waals surface area contributed by atoms with Gasteiger partial charge in [0.25, 0.3) is 0 Å². The molecule has 2 aromatic rings. The van der Waals surface area contributed by atoms with E-state index in [1.165, 1.54) is 12.7 Å². The Bertz CT molecular complexity index is 893. The third-order valence-electron chi connectivity index (χ3n) is 5.59. The molecule has 9 nitrogen and oxygen atoms in total. The van der Waals surface area contributed by atoms with Gasteiger partial charge in [0.2, 0.25) is 0 Å². The molecule has 0 spiro atoms. The molecule has 0 bridgehead atoms. The molecule has 1 aliphatic heterocycles. The maximum atomic E-state index is 10.3. The van der Waals surface area contributed by atoms with Gasteiger partial charge in [-0.2, -0.15) is 5.48 Å². The number of hydroxylamine groups is 1. The van der Waals surface area contributed by atoms with Gasteiger partial charge in [-0.25, -0.2) is 0 Å². The van der Waals surface area contributed by atoms with E-state index in [1.54, 1.807) is 0 Å². The summed E-state index contributed by atoms with van der Waals surface area (Å²) in [4.78, 5) is 4.54. The highest BCUT2D eigenvalue weighted by molar-refractivity contribution is 5.46. The van der Waals surface area contributed by atoms with Crippen LogP contribution in [0.5, 0.6) is 11.5 Å². The van der Waals surface area contributed by atoms with E-state index in [4.69, 9.17) is 14.2 Å². The molecule has 4 atom stereocenters. The molecule has 1 aliphatic rings. The molecular formula is C24H33NO8. The van der Waals surface area contributed by atoms with E-state index in [0.717, 1.165) is 34.6 Å². The molecule has 5 N–H and O–H groups in total. The Morgan fingerprint density at radius 3 is 2.36 bits per heavy atom. The van der Waals surface area contributed by atoms with Crippen LogP contribution in [-0.2, 0) is 29.0 Å². The maximum Gasteiger partial charge on any atom is 0.161 e. The zero-order chi connectivity index (χ0) is 23.8. The van der Waals surface area contributed by atoms with Crippen LogP contribution in [0.1, 0.15) is 29.2 Å². The fourth-order valence-electron chi connectivity index (χ4n) is 3.76. The van der Waals surface area contributed by atoms with Gasteiger partial charge in [0.05, 0.1) is 20.3 Å². The Kier molecular flexibility index (Phi) is 9.45. The minimum Gasteiger partial charge on any atom is -0.486 e. The number of aliphatic hydroxyl groups excluding tert-OH is 4. The van der Waals surface area contributed by atoms with Crippen molar-refractivity contribution in [3.63, 3.8) is 0 Å². The standard InChI is InChI=1S/C24H33NO8/c1-3-17-6-4-16(14-33-21(13-26)22(27)23(28)24(29)25-30-2)11-18(17)10-15-5-7-19-20(12-15)32-9-8-31-19/h4-7,11-12,21-29H,3,8-10,13-14H2,1-2H3/t21-,22-,23+,24-/m1/s1. The molecule has 0 aliphatic carbocycles. The summed E-state index contributed by atoms with van der Waals surface area (Å²) in [5, 5.41) is 39.6. The highest BCUT2D eigenvalue weighted by Crippen LogP contribution is 2.32. The molecule has 3 rings (SSSR count). The summed E-state index contributed by atoms with van der Waals surface area (Å²) in [7, 11) is 1.27. The second kappa shape index (κ2) is 12.3. The zero-order valence-electron chi connectivity index (χ0n) is 18.9. The van der Waals surface area contributed by atoms with Crippen LogP contribution in [0.4, 0.5) is 0 Å². The molecule has 0 radical (unpaired) electrons. The topological polar surface area (TPSA) is 130 Å². The van der Waals surface area contributed by atoms with Gasteiger partial charge >= 0.3 is 0 Å². The van der Waals surface area contributed by atoms with Crippen molar-refractivity contribution in [3.05, 3.63) is 58.7 Å². The summed E-state index contributed by atoms with van der Waals surface area (Å²) >= 11 is 0. The van der Waals surface area contributed by atoms with Crippen LogP contribution >= 0.6 is 0 Å². The first kappa shape index (κ1) is 25.4. The van der Waals surface area contributed by atoms with Crippen molar-refractivity contribution in [1.29, 1.82) is 0 Å². The van der Waals surface area contributed by atoms with E-state index in [0.29, 0.717) is 19.6 Å². The second-order valence-corrected chi connectivity index (χ2v) is 7.89. The van der Waals surface area contributed by atoms with Gasteiger partial charge in [0, 0.05) is 0 Å². The van der Waals surface area contributed by atoms with Crippen LogP contribution in [0.25, 0.3) is 0 Å². The van der Waals surface area contributed by atoms with E-state index in [2.05, 4.69) is 17.2 Å². The van der Waals surface area contributed by atoms with Crippen molar-refractivity contribution in [2.45, 2.75) is 50.9 Å². The smallest absolute Gasteiger partial charge is 0.161 e. The average Bonchev–Trinajstić information content (AvgIpc) is 2.84. The van der Waals surface area contributed by atoms with Gasteiger partial charge in [0.15, 0.2) is 17.7 Å². The highest BCUT2D eigenvalue weighted by Gasteiger charge is 2.32. The summed E-state index contributed by atoms with van der Waals surface area (Å²) in [6.07, 6.45) is -4.21. The molecule has 33 heavy (non-hydrogen) atoms. The lowest BCUT2D eigenvalue weighted by Gasteiger charge is -2.28. The van der Waals surface area contributed by atoms with Crippen LogP contribution in [0.3, 0.4) is 0 Å². The molecule has 0 amide bonds. The van der Waals surface area contributed by atoms with Crippen LogP contribution < -0.4 is 15.0 Å². The summed E-state index contributed by atoms with van der Waals surface area (Å²) in [6, 6.07) is 12.0. The molecule has 0 saturated heterocycles. The average molecular weight is 464 g/mol. The van der Waals surface area contributed by atoms with Crippen LogP contribution in [0.2, 0.25) is 0 Å². The number of rotatable bonds is 12. The molecular weight excluding hydrogens is 430 g/mol. The molecule has 2 aromatic carbocycles. The Hall–Kier alpha value is -2.24. The lowest BCUT2D eigenvalue weighted by Crippen LogP contribution is -2.51. The Morgan fingerprint density at radius 1 is 0.939 bits per heavy atom. The van der Waals surface area contributed by atoms with Crippen molar-refractivity contribution in [1.82, 2.24) is 5.48 Å². The van der Waals surface area contributed by atoms with Gasteiger partial charge in [-0.1, -0.05) is 31.2 Å². The molecule has 182 valence electrons. The van der Waals surface area contributed by atoms with Crippen LogP contribution in [0.15, 0.2) is 36.4 Å². The minimum absolute atomic E-state index is 0.112. The lowest BCUT2D eigenvalue weighted by atomic mass is 9.96. The number of hydrogen-bond donors (Lipinski definition) is 5. The number of fused-ring (bicyclic) bond motifs is 1. The quantitative estimate of drug-likeness (QED) is 0.228. The van der Waals surface area contributed by atoms with Crippen molar-refractivity contribution < 1.29 is 39.5 Å². The van der Waals surface area contributed by atoms with Crippen molar-refractivity contribution >= 4 is 0 Å². The zero-order valence-corrected chi connectivity index (χ0v) is 18.9. The summed E-state index contributed by atoms with van der Waals surface area (Å²) in [6.45, 7) is 2.76. The van der Waals surface area contributed by atoms with Crippen molar-refractivity contribution in [2.24, 2.45) is 0 Å². The number of hydrogen-bond acceptors (Lipinski definition) is 9. The minimum atomic E-state index is -1.62. The monoisotopic (exact) mass is 463 g/mol. The lowest BCUT2D eigenvalue weighted by molar-refractivity contribution is -0.167. The third kappa shape index (κ3) is 6.64. The van der Waals surface area contributed by atoms with E-state index < -0.39 is 31.1 Å². The van der Waals surface area contributed by atoms with Crippen molar-refractivity contribution in [2.75, 3.05) is 26.9 Å².